The average Bonchev–Trinajstić information content (AvgIpc) is 2.54. The molecule has 2 aromatic carbocycles. The van der Waals surface area contributed by atoms with Crippen molar-refractivity contribution in [2.45, 2.75) is 18.3 Å². The first-order valence-corrected chi connectivity index (χ1v) is 8.36. The lowest BCUT2D eigenvalue weighted by atomic mass is 10.1. The quantitative estimate of drug-likeness (QED) is 0.757. The molecule has 0 aliphatic rings. The van der Waals surface area contributed by atoms with Crippen LogP contribution in [0.1, 0.15) is 29.3 Å². The molecule has 0 aliphatic carbocycles. The van der Waals surface area contributed by atoms with Crippen molar-refractivity contribution in [2.75, 3.05) is 0 Å². The van der Waals surface area contributed by atoms with E-state index in [2.05, 4.69) is 0 Å². The standard InChI is InChI=1S/C16H15ClO6S/c1-2-16(24(21)22,10-3-5-11(17)6-4-10)23-12-7-8-14(18)13(9-12)15(19)20/h3-9,18H,2H2,1H3,(H,19,20)(H,21,22)/p-1. The van der Waals surface area contributed by atoms with Crippen molar-refractivity contribution >= 4 is 28.7 Å². The van der Waals surface area contributed by atoms with Crippen LogP contribution in [-0.4, -0.2) is 24.9 Å². The molecule has 0 saturated heterocycles. The molecule has 2 unspecified atom stereocenters. The van der Waals surface area contributed by atoms with Gasteiger partial charge in [-0.3, -0.25) is 4.21 Å². The summed E-state index contributed by atoms with van der Waals surface area (Å²) in [5.74, 6) is -1.78. The molecule has 2 atom stereocenters. The molecular weight excluding hydrogens is 356 g/mol. The minimum atomic E-state index is -2.67. The van der Waals surface area contributed by atoms with Crippen LogP contribution in [0.3, 0.4) is 0 Å². The SMILES string of the molecule is CCC(Oc1ccc(O)c(C(=O)O)c1)(c1ccc(Cl)cc1)S(=O)[O-]. The Kier molecular flexibility index (Phi) is 5.48. The number of phenols is 1. The Balaban J connectivity index is 2.51. The first kappa shape index (κ1) is 18.3. The zero-order valence-electron chi connectivity index (χ0n) is 12.6. The number of rotatable bonds is 6. The summed E-state index contributed by atoms with van der Waals surface area (Å²) in [7, 11) is 0. The maximum atomic E-state index is 11.9. The van der Waals surface area contributed by atoms with E-state index in [1.807, 2.05) is 0 Å². The molecule has 2 N–H and O–H groups in total. The van der Waals surface area contributed by atoms with Crippen molar-refractivity contribution in [2.24, 2.45) is 0 Å². The smallest absolute Gasteiger partial charge is 0.339 e. The number of carbonyl (C=O) groups is 1. The predicted octanol–water partition coefficient (Wildman–Crippen LogP) is 3.26. The molecule has 128 valence electrons. The van der Waals surface area contributed by atoms with Crippen molar-refractivity contribution in [3.63, 3.8) is 0 Å². The zero-order valence-corrected chi connectivity index (χ0v) is 14.1. The third kappa shape index (κ3) is 3.53. The number of ether oxygens (including phenoxy) is 1. The van der Waals surface area contributed by atoms with Gasteiger partial charge in [-0.15, -0.1) is 0 Å². The number of hydrogen-bond donors (Lipinski definition) is 2. The van der Waals surface area contributed by atoms with Gasteiger partial charge in [0.1, 0.15) is 17.1 Å². The number of aromatic hydroxyl groups is 1. The van der Waals surface area contributed by atoms with Gasteiger partial charge in [0.2, 0.25) is 0 Å². The molecule has 0 bridgehead atoms. The fraction of sp³-hybridized carbons (Fsp3) is 0.188. The van der Waals surface area contributed by atoms with Gasteiger partial charge in [-0.25, -0.2) is 4.79 Å². The highest BCUT2D eigenvalue weighted by molar-refractivity contribution is 7.80. The van der Waals surface area contributed by atoms with E-state index in [9.17, 15) is 18.7 Å². The van der Waals surface area contributed by atoms with Crippen LogP contribution in [0.25, 0.3) is 0 Å². The summed E-state index contributed by atoms with van der Waals surface area (Å²) in [5.41, 5.74) is -0.0297. The molecule has 2 rings (SSSR count). The monoisotopic (exact) mass is 369 g/mol. The summed E-state index contributed by atoms with van der Waals surface area (Å²) in [4.78, 5) is 9.39. The first-order valence-electron chi connectivity index (χ1n) is 6.91. The Labute approximate surface area is 145 Å². The highest BCUT2D eigenvalue weighted by Crippen LogP contribution is 2.36. The van der Waals surface area contributed by atoms with Gasteiger partial charge in [0.05, 0.1) is 0 Å². The lowest BCUT2D eigenvalue weighted by molar-refractivity contribution is 0.0692. The Morgan fingerprint density at radius 3 is 2.42 bits per heavy atom. The van der Waals surface area contributed by atoms with E-state index < -0.39 is 27.7 Å². The van der Waals surface area contributed by atoms with Gasteiger partial charge in [-0.2, -0.15) is 0 Å². The number of carboxylic acid groups (broad SMARTS) is 1. The third-order valence-electron chi connectivity index (χ3n) is 3.50. The molecule has 0 heterocycles. The van der Waals surface area contributed by atoms with Crippen LogP contribution in [0.4, 0.5) is 0 Å². The summed E-state index contributed by atoms with van der Waals surface area (Å²) in [6, 6.07) is 9.64. The molecule has 0 saturated carbocycles. The summed E-state index contributed by atoms with van der Waals surface area (Å²) in [5, 5.41) is 19.0. The van der Waals surface area contributed by atoms with Crippen molar-refractivity contribution in [3.05, 3.63) is 58.6 Å². The third-order valence-corrected chi connectivity index (χ3v) is 4.90. The lowest BCUT2D eigenvalue weighted by Crippen LogP contribution is -2.37. The highest BCUT2D eigenvalue weighted by atomic mass is 35.5. The van der Waals surface area contributed by atoms with Gasteiger partial charge in [0, 0.05) is 10.6 Å². The van der Waals surface area contributed by atoms with Crippen LogP contribution in [0, 0.1) is 0 Å². The highest BCUT2D eigenvalue weighted by Gasteiger charge is 2.35. The van der Waals surface area contributed by atoms with E-state index in [0.717, 1.165) is 12.1 Å². The second-order valence-corrected chi connectivity index (χ2v) is 6.50. The lowest BCUT2D eigenvalue weighted by Gasteiger charge is -2.36. The molecule has 0 spiro atoms. The minimum Gasteiger partial charge on any atom is -0.769 e. The Morgan fingerprint density at radius 1 is 1.29 bits per heavy atom. The van der Waals surface area contributed by atoms with Crippen molar-refractivity contribution < 1.29 is 28.5 Å². The topological polar surface area (TPSA) is 107 Å². The number of hydrogen-bond acceptors (Lipinski definition) is 5. The second kappa shape index (κ2) is 7.21. The Morgan fingerprint density at radius 2 is 1.92 bits per heavy atom. The maximum Gasteiger partial charge on any atom is 0.339 e. The predicted molar refractivity (Wildman–Crippen MR) is 88.0 cm³/mol. The zero-order chi connectivity index (χ0) is 17.9. The first-order chi connectivity index (χ1) is 11.3. The number of benzene rings is 2. The Hall–Kier alpha value is -2.09. The normalized spacial score (nSPS) is 14.6. The molecule has 0 aromatic heterocycles. The number of halogens is 1. The summed E-state index contributed by atoms with van der Waals surface area (Å²) in [6.45, 7) is 1.63. The molecule has 2 aromatic rings. The molecule has 6 nitrogen and oxygen atoms in total. The van der Waals surface area contributed by atoms with E-state index in [4.69, 9.17) is 21.4 Å². The Bertz CT molecular complexity index is 777. The molecule has 0 aliphatic heterocycles. The van der Waals surface area contributed by atoms with Crippen LogP contribution in [0.15, 0.2) is 42.5 Å². The molecular formula is C16H14ClO6S-. The van der Waals surface area contributed by atoms with Crippen molar-refractivity contribution in [1.29, 1.82) is 0 Å². The number of aromatic carboxylic acids is 1. The largest absolute Gasteiger partial charge is 0.769 e. The van der Waals surface area contributed by atoms with Gasteiger partial charge in [-0.1, -0.05) is 30.7 Å². The van der Waals surface area contributed by atoms with Crippen LogP contribution >= 0.6 is 11.6 Å². The van der Waals surface area contributed by atoms with Crippen LogP contribution in [0.2, 0.25) is 5.02 Å². The van der Waals surface area contributed by atoms with Gasteiger partial charge in [0.25, 0.3) is 0 Å². The van der Waals surface area contributed by atoms with Crippen LogP contribution in [0.5, 0.6) is 11.5 Å². The fourth-order valence-corrected chi connectivity index (χ4v) is 3.08. The molecule has 0 radical (unpaired) electrons. The molecule has 0 fully saturated rings. The summed E-state index contributed by atoms with van der Waals surface area (Å²) < 4.78 is 29.5. The molecule has 24 heavy (non-hydrogen) atoms. The summed E-state index contributed by atoms with van der Waals surface area (Å²) >= 11 is 3.16. The van der Waals surface area contributed by atoms with E-state index in [0.29, 0.717) is 10.6 Å². The van der Waals surface area contributed by atoms with Gasteiger partial charge in [-0.05, 0) is 47.8 Å². The molecule has 0 amide bonds. The van der Waals surface area contributed by atoms with Crippen molar-refractivity contribution in [1.82, 2.24) is 0 Å². The van der Waals surface area contributed by atoms with Gasteiger partial charge < -0.3 is 19.5 Å². The summed E-state index contributed by atoms with van der Waals surface area (Å²) in [6.07, 6.45) is 0.0774. The maximum absolute atomic E-state index is 11.9. The van der Waals surface area contributed by atoms with E-state index in [1.165, 1.54) is 30.3 Å². The van der Waals surface area contributed by atoms with E-state index in [-0.39, 0.29) is 17.7 Å². The molecule has 8 heteroatoms. The van der Waals surface area contributed by atoms with Crippen molar-refractivity contribution in [3.8, 4) is 11.5 Å². The fourth-order valence-electron chi connectivity index (χ4n) is 2.23. The van der Waals surface area contributed by atoms with Crippen LogP contribution in [-0.2, 0) is 16.0 Å². The van der Waals surface area contributed by atoms with Crippen LogP contribution < -0.4 is 4.74 Å². The van der Waals surface area contributed by atoms with E-state index in [1.54, 1.807) is 6.92 Å². The van der Waals surface area contributed by atoms with Gasteiger partial charge in [0.15, 0.2) is 4.93 Å². The van der Waals surface area contributed by atoms with Gasteiger partial charge >= 0.3 is 5.97 Å². The van der Waals surface area contributed by atoms with E-state index >= 15 is 0 Å². The minimum absolute atomic E-state index is 0.00574. The average molecular weight is 370 g/mol. The second-order valence-electron chi connectivity index (χ2n) is 4.93. The number of carboxylic acids is 1.